The average Bonchev–Trinajstić information content (AvgIpc) is 2.80. The summed E-state index contributed by atoms with van der Waals surface area (Å²) in [5, 5.41) is 0. The topological polar surface area (TPSA) is 65.2 Å². The number of nitrogens with two attached hydrogens (primary N) is 1. The minimum absolute atomic E-state index is 0.124. The fourth-order valence-electron chi connectivity index (χ4n) is 2.58. The molecule has 0 bridgehead atoms. The van der Waals surface area contributed by atoms with E-state index in [9.17, 15) is 4.79 Å². The molecular weight excluding hydrogens is 296 g/mol. The van der Waals surface area contributed by atoms with Crippen molar-refractivity contribution in [1.82, 2.24) is 4.98 Å². The minimum Gasteiger partial charge on any atom is -0.446 e. The molecule has 1 saturated carbocycles. The Morgan fingerprint density at radius 3 is 2.83 bits per heavy atom. The molecule has 0 aliphatic heterocycles. The lowest BCUT2D eigenvalue weighted by Crippen LogP contribution is -2.30. The van der Waals surface area contributed by atoms with Crippen LogP contribution in [0.4, 0.5) is 4.79 Å². The number of aromatic nitrogens is 1. The Kier molecular flexibility index (Phi) is 4.58. The zero-order chi connectivity index (χ0) is 13.0. The monoisotopic (exact) mass is 312 g/mol. The van der Waals surface area contributed by atoms with E-state index in [4.69, 9.17) is 10.5 Å². The van der Waals surface area contributed by atoms with Gasteiger partial charge in [-0.3, -0.25) is 4.98 Å². The smallest absolute Gasteiger partial charge is 0.404 e. The number of halogens is 1. The van der Waals surface area contributed by atoms with E-state index in [1.165, 1.54) is 12.8 Å². The molecule has 1 amide bonds. The van der Waals surface area contributed by atoms with Crippen LogP contribution in [0.1, 0.15) is 31.2 Å². The van der Waals surface area contributed by atoms with Gasteiger partial charge in [-0.05, 0) is 46.3 Å². The van der Waals surface area contributed by atoms with Gasteiger partial charge in [0.25, 0.3) is 0 Å². The molecule has 2 rings (SSSR count). The second kappa shape index (κ2) is 6.18. The fourth-order valence-corrected chi connectivity index (χ4v) is 2.99. The Morgan fingerprint density at radius 1 is 1.50 bits per heavy atom. The molecular formula is C13H17BrN2O2. The summed E-state index contributed by atoms with van der Waals surface area (Å²) in [7, 11) is 0. The first-order chi connectivity index (χ1) is 8.65. The number of amides is 1. The van der Waals surface area contributed by atoms with Crippen LogP contribution in [-0.4, -0.2) is 17.2 Å². The molecule has 18 heavy (non-hydrogen) atoms. The quantitative estimate of drug-likeness (QED) is 0.929. The third kappa shape index (κ3) is 3.70. The lowest BCUT2D eigenvalue weighted by Gasteiger charge is -2.22. The van der Waals surface area contributed by atoms with E-state index in [2.05, 4.69) is 20.9 Å². The SMILES string of the molecule is NC(=O)OC(Cc1cncc(Br)c1)C1CCCC1. The minimum atomic E-state index is -0.685. The Morgan fingerprint density at radius 2 is 2.22 bits per heavy atom. The highest BCUT2D eigenvalue weighted by atomic mass is 79.9. The van der Waals surface area contributed by atoms with E-state index in [1.54, 1.807) is 12.4 Å². The highest BCUT2D eigenvalue weighted by Gasteiger charge is 2.27. The van der Waals surface area contributed by atoms with Crippen molar-refractivity contribution >= 4 is 22.0 Å². The second-order valence-electron chi connectivity index (χ2n) is 4.74. The molecule has 5 heteroatoms. The molecule has 1 atom stereocenters. The lowest BCUT2D eigenvalue weighted by molar-refractivity contribution is 0.0700. The molecule has 4 nitrogen and oxygen atoms in total. The first kappa shape index (κ1) is 13.3. The van der Waals surface area contributed by atoms with Gasteiger partial charge in [-0.25, -0.2) is 4.79 Å². The summed E-state index contributed by atoms with van der Waals surface area (Å²) in [4.78, 5) is 15.1. The summed E-state index contributed by atoms with van der Waals surface area (Å²) >= 11 is 3.39. The van der Waals surface area contributed by atoms with Gasteiger partial charge in [0.1, 0.15) is 6.10 Å². The maximum atomic E-state index is 11.0. The highest BCUT2D eigenvalue weighted by Crippen LogP contribution is 2.31. The summed E-state index contributed by atoms with van der Waals surface area (Å²) in [6.07, 6.45) is 8.05. The van der Waals surface area contributed by atoms with Gasteiger partial charge in [0.15, 0.2) is 0 Å². The van der Waals surface area contributed by atoms with Gasteiger partial charge in [0.2, 0.25) is 0 Å². The van der Waals surface area contributed by atoms with Crippen LogP contribution >= 0.6 is 15.9 Å². The maximum absolute atomic E-state index is 11.0. The van der Waals surface area contributed by atoms with Gasteiger partial charge in [-0.1, -0.05) is 12.8 Å². The average molecular weight is 313 g/mol. The van der Waals surface area contributed by atoms with Crippen LogP contribution in [0.2, 0.25) is 0 Å². The summed E-state index contributed by atoms with van der Waals surface area (Å²) in [5.41, 5.74) is 6.22. The largest absolute Gasteiger partial charge is 0.446 e. The Hall–Kier alpha value is -1.10. The molecule has 0 radical (unpaired) electrons. The number of rotatable bonds is 4. The summed E-state index contributed by atoms with van der Waals surface area (Å²) < 4.78 is 6.21. The lowest BCUT2D eigenvalue weighted by atomic mass is 9.95. The molecule has 98 valence electrons. The predicted molar refractivity (Wildman–Crippen MR) is 72.1 cm³/mol. The molecule has 1 fully saturated rings. The van der Waals surface area contributed by atoms with Crippen LogP contribution in [0.15, 0.2) is 22.9 Å². The number of primary amides is 1. The molecule has 1 aliphatic carbocycles. The number of hydrogen-bond acceptors (Lipinski definition) is 3. The second-order valence-corrected chi connectivity index (χ2v) is 5.65. The van der Waals surface area contributed by atoms with Gasteiger partial charge >= 0.3 is 6.09 Å². The van der Waals surface area contributed by atoms with Gasteiger partial charge < -0.3 is 10.5 Å². The Balaban J connectivity index is 2.06. The van der Waals surface area contributed by atoms with Crippen molar-refractivity contribution in [2.24, 2.45) is 11.7 Å². The number of ether oxygens (including phenoxy) is 1. The molecule has 1 heterocycles. The van der Waals surface area contributed by atoms with Crippen molar-refractivity contribution in [3.05, 3.63) is 28.5 Å². The number of carbonyl (C=O) groups excluding carboxylic acids is 1. The zero-order valence-corrected chi connectivity index (χ0v) is 11.7. The van der Waals surface area contributed by atoms with Crippen LogP contribution in [0.5, 0.6) is 0 Å². The third-order valence-corrected chi connectivity index (χ3v) is 3.83. The normalized spacial score (nSPS) is 17.6. The molecule has 1 unspecified atom stereocenters. The summed E-state index contributed by atoms with van der Waals surface area (Å²) in [6.45, 7) is 0. The van der Waals surface area contributed by atoms with E-state index in [0.717, 1.165) is 22.9 Å². The van der Waals surface area contributed by atoms with Crippen molar-refractivity contribution in [3.63, 3.8) is 0 Å². The van der Waals surface area contributed by atoms with E-state index >= 15 is 0 Å². The third-order valence-electron chi connectivity index (χ3n) is 3.39. The van der Waals surface area contributed by atoms with Crippen molar-refractivity contribution in [2.75, 3.05) is 0 Å². The van der Waals surface area contributed by atoms with Crippen LogP contribution in [-0.2, 0) is 11.2 Å². The first-order valence-corrected chi connectivity index (χ1v) is 7.00. The number of hydrogen-bond donors (Lipinski definition) is 1. The predicted octanol–water partition coefficient (Wildman–Crippen LogP) is 3.04. The molecule has 0 aromatic carbocycles. The molecule has 1 aromatic heterocycles. The van der Waals surface area contributed by atoms with Crippen LogP contribution in [0.25, 0.3) is 0 Å². The van der Waals surface area contributed by atoms with Crippen molar-refractivity contribution in [2.45, 2.75) is 38.2 Å². The van der Waals surface area contributed by atoms with Crippen molar-refractivity contribution in [1.29, 1.82) is 0 Å². The summed E-state index contributed by atoms with van der Waals surface area (Å²) in [6, 6.07) is 2.00. The van der Waals surface area contributed by atoms with Crippen LogP contribution in [0.3, 0.4) is 0 Å². The molecule has 0 spiro atoms. The van der Waals surface area contributed by atoms with Crippen LogP contribution in [0, 0.1) is 5.92 Å². The molecule has 1 aliphatic rings. The molecule has 1 aromatic rings. The van der Waals surface area contributed by atoms with E-state index in [-0.39, 0.29) is 6.10 Å². The van der Waals surface area contributed by atoms with Gasteiger partial charge in [-0.15, -0.1) is 0 Å². The van der Waals surface area contributed by atoms with Crippen LogP contribution < -0.4 is 5.73 Å². The fraction of sp³-hybridized carbons (Fsp3) is 0.538. The van der Waals surface area contributed by atoms with E-state index in [0.29, 0.717) is 12.3 Å². The Labute approximate surface area is 115 Å². The zero-order valence-electron chi connectivity index (χ0n) is 10.1. The van der Waals surface area contributed by atoms with Gasteiger partial charge in [0, 0.05) is 23.3 Å². The van der Waals surface area contributed by atoms with Gasteiger partial charge in [-0.2, -0.15) is 0 Å². The number of pyridine rings is 1. The van der Waals surface area contributed by atoms with Crippen molar-refractivity contribution < 1.29 is 9.53 Å². The molecule has 0 saturated heterocycles. The van der Waals surface area contributed by atoms with E-state index in [1.807, 2.05) is 6.07 Å². The van der Waals surface area contributed by atoms with E-state index < -0.39 is 6.09 Å². The standard InChI is InChI=1S/C13H17BrN2O2/c14-11-5-9(7-16-8-11)6-12(18-13(15)17)10-3-1-2-4-10/h5,7-8,10,12H,1-4,6H2,(H2,15,17). The number of nitrogens with zero attached hydrogens (tertiary/aromatic N) is 1. The molecule has 2 N–H and O–H groups in total. The Bertz CT molecular complexity index is 419. The maximum Gasteiger partial charge on any atom is 0.404 e. The van der Waals surface area contributed by atoms with Gasteiger partial charge in [0.05, 0.1) is 0 Å². The summed E-state index contributed by atoms with van der Waals surface area (Å²) in [5.74, 6) is 0.427. The van der Waals surface area contributed by atoms with Crippen molar-refractivity contribution in [3.8, 4) is 0 Å². The number of carbonyl (C=O) groups is 1. The highest BCUT2D eigenvalue weighted by molar-refractivity contribution is 9.10. The first-order valence-electron chi connectivity index (χ1n) is 6.20.